The molecule has 0 amide bonds. The fourth-order valence-electron chi connectivity index (χ4n) is 5.68. The van der Waals surface area contributed by atoms with Crippen LogP contribution in [-0.4, -0.2) is 49.5 Å². The molecule has 3 aliphatic carbocycles. The van der Waals surface area contributed by atoms with E-state index >= 15 is 0 Å². The zero-order valence-electron chi connectivity index (χ0n) is 15.6. The van der Waals surface area contributed by atoms with Crippen molar-refractivity contribution in [2.45, 2.75) is 70.6 Å². The van der Waals surface area contributed by atoms with Crippen LogP contribution in [0.3, 0.4) is 0 Å². The maximum atomic E-state index is 8.89. The molecule has 140 valence electrons. The minimum atomic E-state index is 0.147. The molecule has 0 spiro atoms. The van der Waals surface area contributed by atoms with Crippen LogP contribution in [0.2, 0.25) is 0 Å². The molecular formula is C21H39NO2. The summed E-state index contributed by atoms with van der Waals surface area (Å²) >= 11 is 0. The van der Waals surface area contributed by atoms with Crippen molar-refractivity contribution in [2.24, 2.45) is 23.7 Å². The molecule has 0 saturated heterocycles. The Kier molecular flexibility index (Phi) is 7.88. The van der Waals surface area contributed by atoms with E-state index in [-0.39, 0.29) is 6.61 Å². The SMILES string of the molecule is OCCOCCN(CC1CCCC1)C[C@@H]1CC[C@H](C2CCCC2)C1. The van der Waals surface area contributed by atoms with Gasteiger partial charge in [-0.3, -0.25) is 0 Å². The third kappa shape index (κ3) is 5.71. The van der Waals surface area contributed by atoms with Gasteiger partial charge in [-0.15, -0.1) is 0 Å². The summed E-state index contributed by atoms with van der Waals surface area (Å²) < 4.78 is 5.55. The Morgan fingerprint density at radius 2 is 1.46 bits per heavy atom. The van der Waals surface area contributed by atoms with Gasteiger partial charge < -0.3 is 14.7 Å². The topological polar surface area (TPSA) is 32.7 Å². The van der Waals surface area contributed by atoms with Gasteiger partial charge in [0.25, 0.3) is 0 Å². The molecular weight excluding hydrogens is 298 g/mol. The molecule has 3 fully saturated rings. The maximum absolute atomic E-state index is 8.89. The predicted molar refractivity (Wildman–Crippen MR) is 99.1 cm³/mol. The lowest BCUT2D eigenvalue weighted by Crippen LogP contribution is -2.35. The molecule has 24 heavy (non-hydrogen) atoms. The Morgan fingerprint density at radius 1 is 0.750 bits per heavy atom. The van der Waals surface area contributed by atoms with Crippen molar-refractivity contribution >= 4 is 0 Å². The van der Waals surface area contributed by atoms with E-state index in [9.17, 15) is 0 Å². The van der Waals surface area contributed by atoms with Crippen LogP contribution < -0.4 is 0 Å². The number of aliphatic hydroxyl groups excluding tert-OH is 1. The van der Waals surface area contributed by atoms with E-state index in [1.165, 1.54) is 83.7 Å². The highest BCUT2D eigenvalue weighted by atomic mass is 16.5. The van der Waals surface area contributed by atoms with Gasteiger partial charge in [-0.1, -0.05) is 38.5 Å². The lowest BCUT2D eigenvalue weighted by molar-refractivity contribution is 0.0659. The third-order valence-electron chi connectivity index (χ3n) is 6.94. The fourth-order valence-corrected chi connectivity index (χ4v) is 5.68. The Bertz CT molecular complexity index is 337. The summed E-state index contributed by atoms with van der Waals surface area (Å²) in [6.07, 6.45) is 16.2. The molecule has 0 heterocycles. The zero-order chi connectivity index (χ0) is 16.6. The lowest BCUT2D eigenvalue weighted by atomic mass is 9.89. The Morgan fingerprint density at radius 3 is 2.21 bits per heavy atom. The maximum Gasteiger partial charge on any atom is 0.0698 e. The van der Waals surface area contributed by atoms with Gasteiger partial charge in [0.15, 0.2) is 0 Å². The highest BCUT2D eigenvalue weighted by Gasteiger charge is 2.33. The highest BCUT2D eigenvalue weighted by molar-refractivity contribution is 4.85. The van der Waals surface area contributed by atoms with Crippen LogP contribution in [0.1, 0.15) is 70.6 Å². The van der Waals surface area contributed by atoms with Crippen LogP contribution in [0.25, 0.3) is 0 Å². The molecule has 3 saturated carbocycles. The Labute approximate surface area is 149 Å². The number of ether oxygens (including phenoxy) is 1. The van der Waals surface area contributed by atoms with Crippen molar-refractivity contribution in [3.05, 3.63) is 0 Å². The van der Waals surface area contributed by atoms with Gasteiger partial charge >= 0.3 is 0 Å². The van der Waals surface area contributed by atoms with Crippen LogP contribution in [0.5, 0.6) is 0 Å². The average molecular weight is 338 g/mol. The molecule has 3 nitrogen and oxygen atoms in total. The second-order valence-electron chi connectivity index (χ2n) is 8.73. The van der Waals surface area contributed by atoms with Crippen LogP contribution in [-0.2, 0) is 4.74 Å². The van der Waals surface area contributed by atoms with E-state index in [0.29, 0.717) is 6.61 Å². The molecule has 0 unspecified atom stereocenters. The van der Waals surface area contributed by atoms with Crippen molar-refractivity contribution in [1.29, 1.82) is 0 Å². The standard InChI is InChI=1S/C21H39NO2/c23-12-14-24-13-11-22(16-18-5-1-2-6-18)17-19-9-10-21(15-19)20-7-3-4-8-20/h18-21,23H,1-17H2/t19-,21+/m1/s1. The van der Waals surface area contributed by atoms with Gasteiger partial charge in [-0.05, 0) is 55.8 Å². The first-order chi connectivity index (χ1) is 11.8. The highest BCUT2D eigenvalue weighted by Crippen LogP contribution is 2.43. The molecule has 3 heteroatoms. The quantitative estimate of drug-likeness (QED) is 0.609. The van der Waals surface area contributed by atoms with E-state index in [1.54, 1.807) is 0 Å². The molecule has 0 bridgehead atoms. The van der Waals surface area contributed by atoms with E-state index in [1.807, 2.05) is 0 Å². The first-order valence-corrected chi connectivity index (χ1v) is 10.8. The van der Waals surface area contributed by atoms with E-state index in [4.69, 9.17) is 9.84 Å². The monoisotopic (exact) mass is 337 g/mol. The van der Waals surface area contributed by atoms with Gasteiger partial charge in [0, 0.05) is 19.6 Å². The summed E-state index contributed by atoms with van der Waals surface area (Å²) in [6, 6.07) is 0. The van der Waals surface area contributed by atoms with Crippen molar-refractivity contribution in [3.8, 4) is 0 Å². The molecule has 0 aromatic rings. The number of hydrogen-bond donors (Lipinski definition) is 1. The van der Waals surface area contributed by atoms with Gasteiger partial charge in [0.2, 0.25) is 0 Å². The van der Waals surface area contributed by atoms with Gasteiger partial charge in [0.1, 0.15) is 0 Å². The smallest absolute Gasteiger partial charge is 0.0698 e. The number of aliphatic hydroxyl groups is 1. The summed E-state index contributed by atoms with van der Waals surface area (Å²) in [5, 5.41) is 8.89. The van der Waals surface area contributed by atoms with Crippen LogP contribution in [0.15, 0.2) is 0 Å². The normalized spacial score (nSPS) is 29.2. The minimum Gasteiger partial charge on any atom is -0.394 e. The Balaban J connectivity index is 1.43. The Hall–Kier alpha value is -0.120. The number of hydrogen-bond acceptors (Lipinski definition) is 3. The predicted octanol–water partition coefficient (Wildman–Crippen LogP) is 4.09. The van der Waals surface area contributed by atoms with Gasteiger partial charge in [-0.2, -0.15) is 0 Å². The molecule has 0 aromatic carbocycles. The first-order valence-electron chi connectivity index (χ1n) is 10.8. The van der Waals surface area contributed by atoms with E-state index in [0.717, 1.165) is 36.8 Å². The first kappa shape index (κ1) is 18.7. The molecule has 0 radical (unpaired) electrons. The molecule has 2 atom stereocenters. The third-order valence-corrected chi connectivity index (χ3v) is 6.94. The van der Waals surface area contributed by atoms with Crippen LogP contribution >= 0.6 is 0 Å². The second-order valence-corrected chi connectivity index (χ2v) is 8.73. The summed E-state index contributed by atoms with van der Waals surface area (Å²) in [7, 11) is 0. The molecule has 3 aliphatic rings. The lowest BCUT2D eigenvalue weighted by Gasteiger charge is -2.28. The zero-order valence-corrected chi connectivity index (χ0v) is 15.6. The fraction of sp³-hybridized carbons (Fsp3) is 1.00. The van der Waals surface area contributed by atoms with E-state index < -0.39 is 0 Å². The van der Waals surface area contributed by atoms with Crippen molar-refractivity contribution in [3.63, 3.8) is 0 Å². The summed E-state index contributed by atoms with van der Waals surface area (Å²) in [4.78, 5) is 2.70. The minimum absolute atomic E-state index is 0.147. The summed E-state index contributed by atoms with van der Waals surface area (Å²) in [5.74, 6) is 3.95. The van der Waals surface area contributed by atoms with Gasteiger partial charge in [-0.25, -0.2) is 0 Å². The van der Waals surface area contributed by atoms with Crippen LogP contribution in [0.4, 0.5) is 0 Å². The van der Waals surface area contributed by atoms with E-state index in [2.05, 4.69) is 4.90 Å². The van der Waals surface area contributed by atoms with Gasteiger partial charge in [0.05, 0.1) is 19.8 Å². The number of rotatable bonds is 10. The average Bonchev–Trinajstić information content (AvgIpc) is 3.32. The largest absolute Gasteiger partial charge is 0.394 e. The van der Waals surface area contributed by atoms with Crippen LogP contribution in [0, 0.1) is 23.7 Å². The molecule has 0 aromatic heterocycles. The summed E-state index contributed by atoms with van der Waals surface area (Å²) in [6.45, 7) is 5.06. The second kappa shape index (κ2) is 10.1. The van der Waals surface area contributed by atoms with Crippen molar-refractivity contribution in [1.82, 2.24) is 4.90 Å². The van der Waals surface area contributed by atoms with Crippen molar-refractivity contribution < 1.29 is 9.84 Å². The number of nitrogens with zero attached hydrogens (tertiary/aromatic N) is 1. The summed E-state index contributed by atoms with van der Waals surface area (Å²) in [5.41, 5.74) is 0. The molecule has 1 N–H and O–H groups in total. The molecule has 3 rings (SSSR count). The van der Waals surface area contributed by atoms with Crippen molar-refractivity contribution in [2.75, 3.05) is 39.5 Å². The molecule has 0 aliphatic heterocycles.